The minimum absolute atomic E-state index is 0.0844. The molecule has 37 heavy (non-hydrogen) atoms. The van der Waals surface area contributed by atoms with Gasteiger partial charge in [0.25, 0.3) is 0 Å². The van der Waals surface area contributed by atoms with Gasteiger partial charge in [0.05, 0.1) is 36.2 Å². The molecular formula is C26H31N6O5+. The Kier molecular flexibility index (Phi) is 5.95. The highest BCUT2D eigenvalue weighted by atomic mass is 16.4. The Bertz CT molecular complexity index is 1340. The van der Waals surface area contributed by atoms with Gasteiger partial charge in [-0.1, -0.05) is 12.1 Å². The number of aromatic hydroxyl groups is 2. The van der Waals surface area contributed by atoms with Gasteiger partial charge in [-0.25, -0.2) is 14.1 Å². The highest BCUT2D eigenvalue weighted by molar-refractivity contribution is 5.94. The minimum atomic E-state index is -1.02. The summed E-state index contributed by atoms with van der Waals surface area (Å²) in [4.78, 5) is 29.8. The summed E-state index contributed by atoms with van der Waals surface area (Å²) in [6.45, 7) is 4.54. The Morgan fingerprint density at radius 3 is 2.38 bits per heavy atom. The van der Waals surface area contributed by atoms with E-state index in [4.69, 9.17) is 0 Å². The number of nitrogens with zero attached hydrogens (tertiary/aromatic N) is 5. The number of piperazine rings is 1. The van der Waals surface area contributed by atoms with E-state index < -0.39 is 18.2 Å². The molecule has 1 aromatic heterocycles. The first kappa shape index (κ1) is 24.4. The van der Waals surface area contributed by atoms with Crippen molar-refractivity contribution in [2.24, 2.45) is 7.05 Å². The van der Waals surface area contributed by atoms with Crippen LogP contribution in [-0.4, -0.2) is 71.8 Å². The molecule has 2 aromatic carbocycles. The molecule has 11 nitrogen and oxygen atoms in total. The number of benzene rings is 2. The number of rotatable bonds is 2. The van der Waals surface area contributed by atoms with Crippen LogP contribution in [0.15, 0.2) is 48.7 Å². The summed E-state index contributed by atoms with van der Waals surface area (Å²) in [6, 6.07) is 10.8. The largest absolute Gasteiger partial charge is 0.508 e. The van der Waals surface area contributed by atoms with E-state index in [1.54, 1.807) is 29.6 Å². The summed E-state index contributed by atoms with van der Waals surface area (Å²) in [6.07, 6.45) is 0.712. The molecule has 2 aliphatic rings. The van der Waals surface area contributed by atoms with Crippen LogP contribution in [0.4, 0.5) is 26.8 Å². The predicted octanol–water partition coefficient (Wildman–Crippen LogP) is 3.80. The lowest BCUT2D eigenvalue weighted by Crippen LogP contribution is -2.70. The molecule has 1 fully saturated rings. The van der Waals surface area contributed by atoms with E-state index in [9.17, 15) is 24.9 Å². The van der Waals surface area contributed by atoms with Crippen LogP contribution in [0.1, 0.15) is 25.0 Å². The number of hydrogen-bond donors (Lipinski definition) is 4. The minimum Gasteiger partial charge on any atom is -0.508 e. The average Bonchev–Trinajstić information content (AvgIpc) is 3.05. The number of carboxylic acid groups (broad SMARTS) is 1. The zero-order chi connectivity index (χ0) is 26.5. The molecule has 4 N–H and O–H groups in total. The zero-order valence-corrected chi connectivity index (χ0v) is 21.0. The first-order chi connectivity index (χ1) is 17.6. The quantitative estimate of drug-likeness (QED) is 0.388. The Labute approximate surface area is 214 Å². The number of aryl methyl sites for hydroxylation is 1. The van der Waals surface area contributed by atoms with E-state index in [0.717, 1.165) is 17.1 Å². The maximum absolute atomic E-state index is 14.7. The predicted molar refractivity (Wildman–Crippen MR) is 137 cm³/mol. The summed E-state index contributed by atoms with van der Waals surface area (Å²) in [5.41, 5.74) is 2.90. The van der Waals surface area contributed by atoms with E-state index in [1.807, 2.05) is 31.3 Å². The summed E-state index contributed by atoms with van der Waals surface area (Å²) in [5, 5.41) is 37.8. The number of fused-ring (bicyclic) bond motifs is 2. The molecule has 0 spiro atoms. The number of anilines is 3. The highest BCUT2D eigenvalue weighted by Gasteiger charge is 2.51. The SMILES string of the molecule is CC1C[N+](Cc2cc(O)cc(O)c2)(C(=O)N2Cc3cnn(C)c3Nc3ccccc32)CC(C)N1C(=O)O. The second-order valence-corrected chi connectivity index (χ2v) is 10.1. The van der Waals surface area contributed by atoms with Gasteiger partial charge in [0.1, 0.15) is 37.0 Å². The maximum Gasteiger partial charge on any atom is 0.424 e. The fraction of sp³-hybridized carbons (Fsp3) is 0.346. The van der Waals surface area contributed by atoms with Crippen molar-refractivity contribution in [3.8, 4) is 11.5 Å². The van der Waals surface area contributed by atoms with E-state index in [-0.39, 0.29) is 48.2 Å². The molecule has 0 aliphatic carbocycles. The van der Waals surface area contributed by atoms with Crippen molar-refractivity contribution >= 4 is 29.3 Å². The van der Waals surface area contributed by atoms with Gasteiger partial charge >= 0.3 is 12.1 Å². The Balaban J connectivity index is 1.62. The lowest BCUT2D eigenvalue weighted by Gasteiger charge is -2.49. The van der Waals surface area contributed by atoms with Gasteiger partial charge < -0.3 is 20.6 Å². The third-order valence-electron chi connectivity index (χ3n) is 7.27. The number of amides is 3. The lowest BCUT2D eigenvalue weighted by atomic mass is 10.0. The summed E-state index contributed by atoms with van der Waals surface area (Å²) < 4.78 is 1.65. The van der Waals surface area contributed by atoms with Gasteiger partial charge in [-0.2, -0.15) is 5.10 Å². The van der Waals surface area contributed by atoms with Gasteiger partial charge in [0, 0.05) is 24.2 Å². The molecule has 11 heteroatoms. The first-order valence-corrected chi connectivity index (χ1v) is 12.2. The smallest absolute Gasteiger partial charge is 0.424 e. The van der Waals surface area contributed by atoms with Crippen molar-refractivity contribution in [2.45, 2.75) is 39.0 Å². The molecule has 2 aliphatic heterocycles. The van der Waals surface area contributed by atoms with Crippen molar-refractivity contribution in [3.63, 3.8) is 0 Å². The molecule has 3 heterocycles. The number of para-hydroxylation sites is 2. The van der Waals surface area contributed by atoms with Crippen LogP contribution in [0.25, 0.3) is 0 Å². The molecule has 5 rings (SSSR count). The highest BCUT2D eigenvalue weighted by Crippen LogP contribution is 2.39. The molecule has 194 valence electrons. The molecule has 3 amide bonds. The Hall–Kier alpha value is -4.25. The normalized spacial score (nSPS) is 23.0. The summed E-state index contributed by atoms with van der Waals surface area (Å²) in [5.74, 6) is 0.593. The first-order valence-electron chi connectivity index (χ1n) is 12.2. The fourth-order valence-electron chi connectivity index (χ4n) is 5.91. The number of aromatic nitrogens is 2. The number of carbonyl (C=O) groups excluding carboxylic acids is 1. The molecule has 1 saturated heterocycles. The molecule has 0 radical (unpaired) electrons. The molecule has 2 unspecified atom stereocenters. The monoisotopic (exact) mass is 507 g/mol. The van der Waals surface area contributed by atoms with Crippen molar-refractivity contribution in [3.05, 3.63) is 59.8 Å². The third-order valence-corrected chi connectivity index (χ3v) is 7.27. The number of urea groups is 1. The van der Waals surface area contributed by atoms with Crippen molar-refractivity contribution in [2.75, 3.05) is 23.3 Å². The summed E-state index contributed by atoms with van der Waals surface area (Å²) >= 11 is 0. The van der Waals surface area contributed by atoms with Crippen LogP contribution in [0.2, 0.25) is 0 Å². The molecular weight excluding hydrogens is 476 g/mol. The van der Waals surface area contributed by atoms with Gasteiger partial charge in [0.15, 0.2) is 0 Å². The molecule has 3 aromatic rings. The second kappa shape index (κ2) is 9.00. The van der Waals surface area contributed by atoms with E-state index in [1.165, 1.54) is 23.1 Å². The number of quaternary nitrogens is 1. The fourth-order valence-corrected chi connectivity index (χ4v) is 5.91. The van der Waals surface area contributed by atoms with Crippen LogP contribution in [0, 0.1) is 0 Å². The Morgan fingerprint density at radius 1 is 1.08 bits per heavy atom. The molecule has 0 bridgehead atoms. The molecule has 0 saturated carbocycles. The van der Waals surface area contributed by atoms with Crippen LogP contribution in [0.5, 0.6) is 11.5 Å². The van der Waals surface area contributed by atoms with Crippen LogP contribution < -0.4 is 10.2 Å². The molecule has 2 atom stereocenters. The van der Waals surface area contributed by atoms with E-state index in [2.05, 4.69) is 10.4 Å². The second-order valence-electron chi connectivity index (χ2n) is 10.1. The Morgan fingerprint density at radius 2 is 1.73 bits per heavy atom. The lowest BCUT2D eigenvalue weighted by molar-refractivity contribution is -0.873. The van der Waals surface area contributed by atoms with E-state index in [0.29, 0.717) is 11.3 Å². The van der Waals surface area contributed by atoms with Crippen molar-refractivity contribution in [1.29, 1.82) is 0 Å². The van der Waals surface area contributed by atoms with Gasteiger partial charge in [-0.3, -0.25) is 14.5 Å². The standard InChI is InChI=1S/C26H30N6O5/c1-16-13-32(14-17(2)31(16)26(36)37,15-18-8-20(33)10-21(34)9-18)25(35)30-12-19-11-27-29(3)24(19)28-22-6-4-5-7-23(22)30/h4-11,16-17H,12-15H2,1-3H3,(H3-,27,28,33,34,36,37)/p+1. The maximum atomic E-state index is 14.7. The topological polar surface area (TPSA) is 131 Å². The van der Waals surface area contributed by atoms with Crippen molar-refractivity contribution < 1.29 is 29.4 Å². The number of phenols is 2. The van der Waals surface area contributed by atoms with E-state index >= 15 is 0 Å². The number of carbonyl (C=O) groups is 2. The van der Waals surface area contributed by atoms with Crippen LogP contribution >= 0.6 is 0 Å². The summed E-state index contributed by atoms with van der Waals surface area (Å²) in [7, 11) is 1.84. The number of nitrogens with one attached hydrogen (secondary N) is 1. The van der Waals surface area contributed by atoms with Gasteiger partial charge in [-0.15, -0.1) is 0 Å². The zero-order valence-electron chi connectivity index (χ0n) is 21.0. The third kappa shape index (κ3) is 4.31. The average molecular weight is 508 g/mol. The number of phenolic OH excluding ortho intramolecular Hbond substituents is 2. The van der Waals surface area contributed by atoms with Crippen molar-refractivity contribution in [1.82, 2.24) is 14.7 Å². The van der Waals surface area contributed by atoms with Crippen LogP contribution in [-0.2, 0) is 20.1 Å². The van der Waals surface area contributed by atoms with Crippen LogP contribution in [0.3, 0.4) is 0 Å². The van der Waals surface area contributed by atoms with Gasteiger partial charge in [0.2, 0.25) is 0 Å². The van der Waals surface area contributed by atoms with Gasteiger partial charge in [-0.05, 0) is 38.1 Å². The number of hydrogen-bond acceptors (Lipinski definition) is 6.